The van der Waals surface area contributed by atoms with Gasteiger partial charge in [0.15, 0.2) is 0 Å². The zero-order valence-electron chi connectivity index (χ0n) is 12.8. The number of anilines is 2. The van der Waals surface area contributed by atoms with E-state index in [9.17, 15) is 4.79 Å². The quantitative estimate of drug-likeness (QED) is 0.936. The van der Waals surface area contributed by atoms with Gasteiger partial charge in [0, 0.05) is 37.1 Å². The Balaban J connectivity index is 2.18. The number of ether oxygens (including phenoxy) is 1. The van der Waals surface area contributed by atoms with Crippen LogP contribution >= 0.6 is 0 Å². The summed E-state index contributed by atoms with van der Waals surface area (Å²) in [6.07, 6.45) is 0. The van der Waals surface area contributed by atoms with E-state index < -0.39 is 0 Å². The molecule has 0 atom stereocenters. The number of aryl methyl sites for hydroxylation is 1. The van der Waals surface area contributed by atoms with Crippen LogP contribution in [0.2, 0.25) is 0 Å². The summed E-state index contributed by atoms with van der Waals surface area (Å²) >= 11 is 0. The fourth-order valence-corrected chi connectivity index (χ4v) is 2.20. The molecule has 1 N–H and O–H groups in total. The van der Waals surface area contributed by atoms with Crippen molar-refractivity contribution in [2.24, 2.45) is 0 Å². The van der Waals surface area contributed by atoms with Crippen molar-refractivity contribution in [3.05, 3.63) is 53.6 Å². The first-order chi connectivity index (χ1) is 10.0. The third kappa shape index (κ3) is 3.54. The smallest absolute Gasteiger partial charge is 0.255 e. The lowest BCUT2D eigenvalue weighted by Crippen LogP contribution is -2.14. The summed E-state index contributed by atoms with van der Waals surface area (Å²) in [5.41, 5.74) is 3.53. The maximum atomic E-state index is 12.3. The monoisotopic (exact) mass is 284 g/mol. The van der Waals surface area contributed by atoms with Gasteiger partial charge in [-0.25, -0.2) is 0 Å². The average molecular weight is 284 g/mol. The molecule has 4 nitrogen and oxygen atoms in total. The number of methoxy groups -OCH3 is 1. The molecular weight excluding hydrogens is 264 g/mol. The first kappa shape index (κ1) is 14.9. The molecule has 0 fully saturated rings. The van der Waals surface area contributed by atoms with Crippen molar-refractivity contribution >= 4 is 17.3 Å². The van der Waals surface area contributed by atoms with E-state index in [1.54, 1.807) is 13.2 Å². The van der Waals surface area contributed by atoms with Crippen molar-refractivity contribution < 1.29 is 9.53 Å². The number of hydrogen-bond donors (Lipinski definition) is 1. The molecule has 0 aliphatic carbocycles. The van der Waals surface area contributed by atoms with Crippen molar-refractivity contribution in [2.45, 2.75) is 6.92 Å². The molecule has 2 aromatic carbocycles. The van der Waals surface area contributed by atoms with Gasteiger partial charge in [-0.3, -0.25) is 4.79 Å². The minimum Gasteiger partial charge on any atom is -0.497 e. The van der Waals surface area contributed by atoms with Crippen LogP contribution in [-0.2, 0) is 0 Å². The number of rotatable bonds is 4. The van der Waals surface area contributed by atoms with Gasteiger partial charge in [0.1, 0.15) is 5.75 Å². The van der Waals surface area contributed by atoms with E-state index in [0.29, 0.717) is 17.0 Å². The average Bonchev–Trinajstić information content (AvgIpc) is 2.46. The second kappa shape index (κ2) is 6.31. The van der Waals surface area contributed by atoms with E-state index in [1.807, 2.05) is 62.3 Å². The van der Waals surface area contributed by atoms with Crippen LogP contribution in [0, 0.1) is 6.92 Å². The molecule has 4 heteroatoms. The van der Waals surface area contributed by atoms with Crippen LogP contribution in [0.5, 0.6) is 5.75 Å². The fraction of sp³-hybridized carbons (Fsp3) is 0.235. The minimum atomic E-state index is -0.128. The Labute approximate surface area is 125 Å². The lowest BCUT2D eigenvalue weighted by Gasteiger charge is -2.16. The Kier molecular flexibility index (Phi) is 4.48. The lowest BCUT2D eigenvalue weighted by atomic mass is 10.1. The Morgan fingerprint density at radius 3 is 2.52 bits per heavy atom. The van der Waals surface area contributed by atoms with Crippen LogP contribution in [0.25, 0.3) is 0 Å². The summed E-state index contributed by atoms with van der Waals surface area (Å²) in [6, 6.07) is 13.0. The number of nitrogens with zero attached hydrogens (tertiary/aromatic N) is 1. The van der Waals surface area contributed by atoms with E-state index in [4.69, 9.17) is 4.74 Å². The first-order valence-corrected chi connectivity index (χ1v) is 6.74. The molecule has 21 heavy (non-hydrogen) atoms. The van der Waals surface area contributed by atoms with Crippen LogP contribution in [0.4, 0.5) is 11.4 Å². The molecule has 2 aromatic rings. The first-order valence-electron chi connectivity index (χ1n) is 6.74. The zero-order chi connectivity index (χ0) is 15.4. The maximum absolute atomic E-state index is 12.3. The molecule has 0 saturated carbocycles. The molecule has 110 valence electrons. The molecule has 2 rings (SSSR count). The van der Waals surface area contributed by atoms with Crippen molar-refractivity contribution in [1.29, 1.82) is 0 Å². The molecule has 0 bridgehead atoms. The Morgan fingerprint density at radius 2 is 1.90 bits per heavy atom. The standard InChI is InChI=1S/C17H20N2O2/c1-12-10-13(8-9-16(12)19(2)3)17(20)18-14-6-5-7-15(11-14)21-4/h5-11H,1-4H3,(H,18,20). The van der Waals surface area contributed by atoms with Gasteiger partial charge in [-0.2, -0.15) is 0 Å². The topological polar surface area (TPSA) is 41.6 Å². The number of benzene rings is 2. The van der Waals surface area contributed by atoms with Crippen molar-refractivity contribution in [3.8, 4) is 5.75 Å². The van der Waals surface area contributed by atoms with Crippen molar-refractivity contribution in [2.75, 3.05) is 31.4 Å². The molecular formula is C17H20N2O2. The van der Waals surface area contributed by atoms with Gasteiger partial charge in [-0.05, 0) is 42.8 Å². The fourth-order valence-electron chi connectivity index (χ4n) is 2.20. The van der Waals surface area contributed by atoms with E-state index in [0.717, 1.165) is 11.3 Å². The molecule has 0 radical (unpaired) electrons. The highest BCUT2D eigenvalue weighted by molar-refractivity contribution is 6.04. The number of hydrogen-bond acceptors (Lipinski definition) is 3. The van der Waals surface area contributed by atoms with Crippen LogP contribution in [0.15, 0.2) is 42.5 Å². The molecule has 0 aliphatic heterocycles. The van der Waals surface area contributed by atoms with Crippen molar-refractivity contribution in [3.63, 3.8) is 0 Å². The summed E-state index contributed by atoms with van der Waals surface area (Å²) in [5, 5.41) is 2.88. The van der Waals surface area contributed by atoms with Crippen LogP contribution < -0.4 is 15.0 Å². The Morgan fingerprint density at radius 1 is 1.14 bits per heavy atom. The van der Waals surface area contributed by atoms with Crippen LogP contribution in [0.1, 0.15) is 15.9 Å². The molecule has 0 aromatic heterocycles. The van der Waals surface area contributed by atoms with E-state index in [-0.39, 0.29) is 5.91 Å². The van der Waals surface area contributed by atoms with Gasteiger partial charge in [0.05, 0.1) is 7.11 Å². The highest BCUT2D eigenvalue weighted by Gasteiger charge is 2.09. The highest BCUT2D eigenvalue weighted by Crippen LogP contribution is 2.21. The third-order valence-electron chi connectivity index (χ3n) is 3.27. The number of nitrogens with one attached hydrogen (secondary N) is 1. The summed E-state index contributed by atoms with van der Waals surface area (Å²) < 4.78 is 5.15. The van der Waals surface area contributed by atoms with E-state index in [2.05, 4.69) is 5.32 Å². The van der Waals surface area contributed by atoms with Gasteiger partial charge in [-0.15, -0.1) is 0 Å². The molecule has 0 saturated heterocycles. The summed E-state index contributed by atoms with van der Waals surface area (Å²) in [7, 11) is 5.57. The molecule has 0 heterocycles. The predicted octanol–water partition coefficient (Wildman–Crippen LogP) is 3.32. The third-order valence-corrected chi connectivity index (χ3v) is 3.27. The van der Waals surface area contributed by atoms with Gasteiger partial charge < -0.3 is 15.0 Å². The SMILES string of the molecule is COc1cccc(NC(=O)c2ccc(N(C)C)c(C)c2)c1. The number of carbonyl (C=O) groups excluding carboxylic acids is 1. The number of carbonyl (C=O) groups is 1. The second-order valence-corrected chi connectivity index (χ2v) is 5.08. The molecule has 0 spiro atoms. The van der Waals surface area contributed by atoms with E-state index in [1.165, 1.54) is 0 Å². The predicted molar refractivity (Wildman–Crippen MR) is 86.5 cm³/mol. The Bertz CT molecular complexity index is 651. The summed E-state index contributed by atoms with van der Waals surface area (Å²) in [4.78, 5) is 14.3. The zero-order valence-corrected chi connectivity index (χ0v) is 12.8. The minimum absolute atomic E-state index is 0.128. The Hall–Kier alpha value is -2.49. The lowest BCUT2D eigenvalue weighted by molar-refractivity contribution is 0.102. The van der Waals surface area contributed by atoms with Crippen LogP contribution in [-0.4, -0.2) is 27.1 Å². The van der Waals surface area contributed by atoms with Gasteiger partial charge in [-0.1, -0.05) is 6.07 Å². The summed E-state index contributed by atoms with van der Waals surface area (Å²) in [5.74, 6) is 0.587. The van der Waals surface area contributed by atoms with Crippen molar-refractivity contribution in [1.82, 2.24) is 0 Å². The molecule has 1 amide bonds. The second-order valence-electron chi connectivity index (χ2n) is 5.08. The largest absolute Gasteiger partial charge is 0.497 e. The van der Waals surface area contributed by atoms with Crippen LogP contribution in [0.3, 0.4) is 0 Å². The van der Waals surface area contributed by atoms with Gasteiger partial charge >= 0.3 is 0 Å². The van der Waals surface area contributed by atoms with Gasteiger partial charge in [0.25, 0.3) is 5.91 Å². The maximum Gasteiger partial charge on any atom is 0.255 e. The summed E-state index contributed by atoms with van der Waals surface area (Å²) in [6.45, 7) is 2.00. The van der Waals surface area contributed by atoms with E-state index >= 15 is 0 Å². The normalized spacial score (nSPS) is 10.1. The molecule has 0 unspecified atom stereocenters. The van der Waals surface area contributed by atoms with Gasteiger partial charge in [0.2, 0.25) is 0 Å². The highest BCUT2D eigenvalue weighted by atomic mass is 16.5. The molecule has 0 aliphatic rings. The number of amides is 1.